The maximum atomic E-state index is 12.1. The van der Waals surface area contributed by atoms with Gasteiger partial charge in [0.05, 0.1) is 30.2 Å². The van der Waals surface area contributed by atoms with E-state index in [2.05, 4.69) is 10.4 Å². The Morgan fingerprint density at radius 1 is 1.36 bits per heavy atom. The molecular formula is C18H24N4O3. The number of benzene rings is 1. The molecule has 0 aliphatic heterocycles. The van der Waals surface area contributed by atoms with Crippen LogP contribution >= 0.6 is 0 Å². The largest absolute Gasteiger partial charge is 0.462 e. The summed E-state index contributed by atoms with van der Waals surface area (Å²) >= 11 is 0. The van der Waals surface area contributed by atoms with Crippen molar-refractivity contribution in [2.45, 2.75) is 33.7 Å². The molecule has 3 N–H and O–H groups in total. The van der Waals surface area contributed by atoms with E-state index < -0.39 is 12.0 Å². The lowest BCUT2D eigenvalue weighted by Gasteiger charge is -2.16. The van der Waals surface area contributed by atoms with E-state index in [0.29, 0.717) is 23.6 Å². The van der Waals surface area contributed by atoms with Gasteiger partial charge in [0.2, 0.25) is 5.91 Å². The highest BCUT2D eigenvalue weighted by Crippen LogP contribution is 2.19. The summed E-state index contributed by atoms with van der Waals surface area (Å²) in [5.41, 5.74) is 8.29. The molecule has 0 saturated heterocycles. The number of hydrogen-bond donors (Lipinski definition) is 2. The second kappa shape index (κ2) is 7.94. The van der Waals surface area contributed by atoms with Crippen molar-refractivity contribution >= 4 is 17.6 Å². The molecule has 7 nitrogen and oxygen atoms in total. The summed E-state index contributed by atoms with van der Waals surface area (Å²) in [5, 5.41) is 7.06. The minimum absolute atomic E-state index is 0.0451. The molecule has 2 rings (SSSR count). The monoisotopic (exact) mass is 344 g/mol. The van der Waals surface area contributed by atoms with E-state index in [-0.39, 0.29) is 11.8 Å². The molecule has 1 heterocycles. The summed E-state index contributed by atoms with van der Waals surface area (Å²) in [6.45, 7) is 7.64. The fraction of sp³-hybridized carbons (Fsp3) is 0.389. The molecule has 0 aliphatic carbocycles. The zero-order valence-corrected chi connectivity index (χ0v) is 14.9. The number of carbonyl (C=O) groups is 2. The van der Waals surface area contributed by atoms with Crippen LogP contribution in [0.25, 0.3) is 5.69 Å². The molecule has 1 aromatic carbocycles. The number of rotatable bonds is 6. The first-order chi connectivity index (χ1) is 11.8. The third kappa shape index (κ3) is 4.24. The lowest BCUT2D eigenvalue weighted by molar-refractivity contribution is -0.118. The minimum atomic E-state index is -0.578. The molecular weight excluding hydrogens is 320 g/mol. The SMILES string of the molecule is CCOC(=O)c1cnn(-c2cccc(NC(=O)C(N)C(C)C)c2)c1C. The fourth-order valence-electron chi connectivity index (χ4n) is 2.32. The Morgan fingerprint density at radius 3 is 2.72 bits per heavy atom. The van der Waals surface area contributed by atoms with E-state index in [1.807, 2.05) is 19.9 Å². The molecule has 0 aliphatic rings. The van der Waals surface area contributed by atoms with Crippen molar-refractivity contribution < 1.29 is 14.3 Å². The lowest BCUT2D eigenvalue weighted by Crippen LogP contribution is -2.39. The number of nitrogens with zero attached hydrogens (tertiary/aromatic N) is 2. The molecule has 2 aromatic rings. The molecule has 0 saturated carbocycles. The molecule has 134 valence electrons. The van der Waals surface area contributed by atoms with Crippen LogP contribution in [0.4, 0.5) is 5.69 Å². The number of esters is 1. The number of ether oxygens (including phenoxy) is 1. The van der Waals surface area contributed by atoms with Gasteiger partial charge in [0.1, 0.15) is 5.56 Å². The summed E-state index contributed by atoms with van der Waals surface area (Å²) in [4.78, 5) is 24.0. The highest BCUT2D eigenvalue weighted by atomic mass is 16.5. The van der Waals surface area contributed by atoms with Gasteiger partial charge in [-0.2, -0.15) is 5.10 Å². The van der Waals surface area contributed by atoms with Crippen molar-refractivity contribution in [3.8, 4) is 5.69 Å². The van der Waals surface area contributed by atoms with Crippen LogP contribution < -0.4 is 11.1 Å². The van der Waals surface area contributed by atoms with Gasteiger partial charge >= 0.3 is 5.97 Å². The maximum Gasteiger partial charge on any atom is 0.341 e. The van der Waals surface area contributed by atoms with Gasteiger partial charge in [0.15, 0.2) is 0 Å². The summed E-state index contributed by atoms with van der Waals surface area (Å²) < 4.78 is 6.65. The average Bonchev–Trinajstić information content (AvgIpc) is 2.96. The Morgan fingerprint density at radius 2 is 2.08 bits per heavy atom. The minimum Gasteiger partial charge on any atom is -0.462 e. The average molecular weight is 344 g/mol. The third-order valence-electron chi connectivity index (χ3n) is 3.88. The van der Waals surface area contributed by atoms with Gasteiger partial charge < -0.3 is 15.8 Å². The Kier molecular flexibility index (Phi) is 5.93. The van der Waals surface area contributed by atoms with E-state index in [1.54, 1.807) is 36.7 Å². The summed E-state index contributed by atoms with van der Waals surface area (Å²) in [6, 6.07) is 6.62. The van der Waals surface area contributed by atoms with Crippen LogP contribution in [0.15, 0.2) is 30.5 Å². The van der Waals surface area contributed by atoms with Crippen LogP contribution in [0.1, 0.15) is 36.8 Å². The first-order valence-electron chi connectivity index (χ1n) is 8.23. The predicted octanol–water partition coefficient (Wildman–Crippen LogP) is 2.28. The highest BCUT2D eigenvalue weighted by molar-refractivity contribution is 5.95. The second-order valence-corrected chi connectivity index (χ2v) is 6.09. The lowest BCUT2D eigenvalue weighted by atomic mass is 10.0. The van der Waals surface area contributed by atoms with Gasteiger partial charge in [0, 0.05) is 5.69 Å². The zero-order valence-electron chi connectivity index (χ0n) is 14.9. The summed E-state index contributed by atoms with van der Waals surface area (Å²) in [5.74, 6) is -0.598. The van der Waals surface area contributed by atoms with Gasteiger partial charge in [-0.1, -0.05) is 19.9 Å². The Balaban J connectivity index is 2.25. The molecule has 0 spiro atoms. The number of anilines is 1. The molecule has 1 unspecified atom stereocenters. The van der Waals surface area contributed by atoms with Crippen LogP contribution in [-0.2, 0) is 9.53 Å². The van der Waals surface area contributed by atoms with E-state index in [1.165, 1.54) is 6.20 Å². The molecule has 0 bridgehead atoms. The number of hydrogen-bond acceptors (Lipinski definition) is 5. The Bertz CT molecular complexity index is 767. The van der Waals surface area contributed by atoms with E-state index >= 15 is 0 Å². The van der Waals surface area contributed by atoms with Crippen molar-refractivity contribution in [3.63, 3.8) is 0 Å². The molecule has 25 heavy (non-hydrogen) atoms. The number of carbonyl (C=O) groups excluding carboxylic acids is 2. The van der Waals surface area contributed by atoms with Gasteiger partial charge in [-0.15, -0.1) is 0 Å². The van der Waals surface area contributed by atoms with E-state index in [4.69, 9.17) is 10.5 Å². The van der Waals surface area contributed by atoms with Gasteiger partial charge in [0.25, 0.3) is 0 Å². The topological polar surface area (TPSA) is 99.2 Å². The van der Waals surface area contributed by atoms with Crippen molar-refractivity contribution in [3.05, 3.63) is 41.7 Å². The summed E-state index contributed by atoms with van der Waals surface area (Å²) in [7, 11) is 0. The van der Waals surface area contributed by atoms with Crippen molar-refractivity contribution in [1.29, 1.82) is 0 Å². The quantitative estimate of drug-likeness (QED) is 0.783. The molecule has 0 radical (unpaired) electrons. The van der Waals surface area contributed by atoms with Crippen LogP contribution in [0.5, 0.6) is 0 Å². The van der Waals surface area contributed by atoms with Crippen molar-refractivity contribution in [2.24, 2.45) is 11.7 Å². The van der Waals surface area contributed by atoms with E-state index in [0.717, 1.165) is 5.69 Å². The number of nitrogens with one attached hydrogen (secondary N) is 1. The van der Waals surface area contributed by atoms with Gasteiger partial charge in [-0.3, -0.25) is 4.79 Å². The molecule has 0 fully saturated rings. The zero-order chi connectivity index (χ0) is 18.6. The standard InChI is InChI=1S/C18H24N4O3/c1-5-25-18(24)15-10-20-22(12(15)4)14-8-6-7-13(9-14)21-17(23)16(19)11(2)3/h6-11,16H,5,19H2,1-4H3,(H,21,23). The van der Waals surface area contributed by atoms with Crippen molar-refractivity contribution in [2.75, 3.05) is 11.9 Å². The smallest absolute Gasteiger partial charge is 0.341 e. The number of aromatic nitrogens is 2. The first-order valence-corrected chi connectivity index (χ1v) is 8.23. The second-order valence-electron chi connectivity index (χ2n) is 6.09. The normalized spacial score (nSPS) is 12.1. The summed E-state index contributed by atoms with van der Waals surface area (Å²) in [6.07, 6.45) is 1.48. The fourth-order valence-corrected chi connectivity index (χ4v) is 2.32. The molecule has 1 amide bonds. The van der Waals surface area contributed by atoms with Crippen molar-refractivity contribution in [1.82, 2.24) is 9.78 Å². The molecule has 7 heteroatoms. The number of amides is 1. The highest BCUT2D eigenvalue weighted by Gasteiger charge is 2.18. The Hall–Kier alpha value is -2.67. The van der Waals surface area contributed by atoms with Crippen LogP contribution in [0.2, 0.25) is 0 Å². The first kappa shape index (κ1) is 18.7. The predicted molar refractivity (Wildman–Crippen MR) is 95.7 cm³/mol. The van der Waals surface area contributed by atoms with Gasteiger partial charge in [-0.25, -0.2) is 9.48 Å². The molecule has 1 atom stereocenters. The Labute approximate surface area is 147 Å². The van der Waals surface area contributed by atoms with Crippen LogP contribution in [0, 0.1) is 12.8 Å². The maximum absolute atomic E-state index is 12.1. The van der Waals surface area contributed by atoms with Crippen LogP contribution in [0.3, 0.4) is 0 Å². The van der Waals surface area contributed by atoms with E-state index in [9.17, 15) is 9.59 Å². The molecule has 1 aromatic heterocycles. The third-order valence-corrected chi connectivity index (χ3v) is 3.88. The van der Waals surface area contributed by atoms with Crippen LogP contribution in [-0.4, -0.2) is 34.3 Å². The van der Waals surface area contributed by atoms with Gasteiger partial charge in [-0.05, 0) is 38.0 Å². The number of nitrogens with two attached hydrogens (primary N) is 1.